The Morgan fingerprint density at radius 2 is 2.17 bits per heavy atom. The number of hydrogen-bond donors (Lipinski definition) is 1. The van der Waals surface area contributed by atoms with Gasteiger partial charge in [-0.2, -0.15) is 5.10 Å². The summed E-state index contributed by atoms with van der Waals surface area (Å²) in [7, 11) is 0. The van der Waals surface area contributed by atoms with Gasteiger partial charge in [0.25, 0.3) is 0 Å². The van der Waals surface area contributed by atoms with Crippen LogP contribution in [0.1, 0.15) is 29.9 Å². The molecule has 0 spiro atoms. The Morgan fingerprint density at radius 3 is 2.83 bits per heavy atom. The molecule has 0 fully saturated rings. The molecule has 0 amide bonds. The Labute approximate surface area is 106 Å². The summed E-state index contributed by atoms with van der Waals surface area (Å²) < 4.78 is 15.1. The highest BCUT2D eigenvalue weighted by Crippen LogP contribution is 2.17. The first kappa shape index (κ1) is 12.8. The highest BCUT2D eigenvalue weighted by Gasteiger charge is 2.12. The van der Waals surface area contributed by atoms with Crippen LogP contribution in [0.4, 0.5) is 4.39 Å². The molecule has 0 radical (unpaired) electrons. The lowest BCUT2D eigenvalue weighted by Crippen LogP contribution is -2.16. The minimum Gasteiger partial charge on any atom is -0.324 e. The van der Waals surface area contributed by atoms with Crippen LogP contribution in [-0.2, 0) is 13.0 Å². The van der Waals surface area contributed by atoms with Crippen molar-refractivity contribution in [2.75, 3.05) is 0 Å². The smallest absolute Gasteiger partial charge is 0.123 e. The van der Waals surface area contributed by atoms with Gasteiger partial charge in [0.2, 0.25) is 0 Å². The van der Waals surface area contributed by atoms with Crippen molar-refractivity contribution in [2.45, 2.75) is 32.9 Å². The summed E-state index contributed by atoms with van der Waals surface area (Å²) in [6.07, 6.45) is 0.665. The highest BCUT2D eigenvalue weighted by atomic mass is 19.1. The van der Waals surface area contributed by atoms with Crippen molar-refractivity contribution in [3.8, 4) is 0 Å². The van der Waals surface area contributed by atoms with Crippen molar-refractivity contribution in [1.29, 1.82) is 0 Å². The molecule has 1 aromatic heterocycles. The van der Waals surface area contributed by atoms with Crippen molar-refractivity contribution in [3.05, 3.63) is 53.1 Å². The van der Waals surface area contributed by atoms with Crippen LogP contribution in [-0.4, -0.2) is 9.78 Å². The lowest BCUT2D eigenvalue weighted by molar-refractivity contribution is 0.582. The maximum absolute atomic E-state index is 13.1. The molecule has 2 aromatic rings. The fraction of sp³-hybridized carbons (Fsp3) is 0.357. The van der Waals surface area contributed by atoms with Gasteiger partial charge in [0, 0.05) is 24.7 Å². The zero-order valence-electron chi connectivity index (χ0n) is 10.7. The Kier molecular flexibility index (Phi) is 3.77. The molecule has 0 saturated heterocycles. The third kappa shape index (κ3) is 2.76. The van der Waals surface area contributed by atoms with E-state index in [1.807, 2.05) is 30.7 Å². The molecule has 3 nitrogen and oxygen atoms in total. The van der Waals surface area contributed by atoms with E-state index in [0.29, 0.717) is 6.42 Å². The molecule has 2 N–H and O–H groups in total. The summed E-state index contributed by atoms with van der Waals surface area (Å²) in [6, 6.07) is 8.28. The van der Waals surface area contributed by atoms with Crippen molar-refractivity contribution in [1.82, 2.24) is 9.78 Å². The van der Waals surface area contributed by atoms with Crippen LogP contribution in [0.15, 0.2) is 30.3 Å². The molecule has 1 unspecified atom stereocenters. The van der Waals surface area contributed by atoms with E-state index in [0.717, 1.165) is 23.5 Å². The highest BCUT2D eigenvalue weighted by molar-refractivity contribution is 5.22. The van der Waals surface area contributed by atoms with E-state index in [4.69, 9.17) is 5.73 Å². The normalized spacial score (nSPS) is 12.7. The zero-order chi connectivity index (χ0) is 13.1. The number of nitrogens with zero attached hydrogens (tertiary/aromatic N) is 2. The second-order valence-corrected chi connectivity index (χ2v) is 4.46. The SMILES string of the molecule is CCn1nc(C)cc1CC(N)c1cccc(F)c1. The van der Waals surface area contributed by atoms with Gasteiger partial charge in [-0.1, -0.05) is 12.1 Å². The van der Waals surface area contributed by atoms with Crippen LogP contribution >= 0.6 is 0 Å². The molecule has 0 aliphatic heterocycles. The van der Waals surface area contributed by atoms with Gasteiger partial charge in [-0.25, -0.2) is 4.39 Å². The van der Waals surface area contributed by atoms with Crippen LogP contribution in [0, 0.1) is 12.7 Å². The summed E-state index contributed by atoms with van der Waals surface area (Å²) in [5, 5.41) is 4.38. The number of aromatic nitrogens is 2. The number of nitrogens with two attached hydrogens (primary N) is 1. The van der Waals surface area contributed by atoms with Crippen LogP contribution in [0.25, 0.3) is 0 Å². The molecule has 1 aromatic carbocycles. The largest absolute Gasteiger partial charge is 0.324 e. The van der Waals surface area contributed by atoms with E-state index < -0.39 is 0 Å². The maximum Gasteiger partial charge on any atom is 0.123 e. The first-order chi connectivity index (χ1) is 8.60. The molecular weight excluding hydrogens is 229 g/mol. The van der Waals surface area contributed by atoms with Crippen LogP contribution in [0.5, 0.6) is 0 Å². The average molecular weight is 247 g/mol. The molecule has 2 rings (SSSR count). The molecule has 4 heteroatoms. The third-order valence-corrected chi connectivity index (χ3v) is 2.99. The summed E-state index contributed by atoms with van der Waals surface area (Å²) in [5.41, 5.74) is 9.01. The summed E-state index contributed by atoms with van der Waals surface area (Å²) in [4.78, 5) is 0. The zero-order valence-corrected chi connectivity index (χ0v) is 10.7. The minimum atomic E-state index is -0.247. The number of aryl methyl sites for hydroxylation is 2. The van der Waals surface area contributed by atoms with Crippen LogP contribution in [0.2, 0.25) is 0 Å². The standard InChI is InChI=1S/C14H18FN3/c1-3-18-13(7-10(2)17-18)9-14(16)11-5-4-6-12(15)8-11/h4-8,14H,3,9,16H2,1-2H3. The lowest BCUT2D eigenvalue weighted by atomic mass is 10.0. The molecule has 0 aliphatic carbocycles. The second-order valence-electron chi connectivity index (χ2n) is 4.46. The molecule has 96 valence electrons. The first-order valence-corrected chi connectivity index (χ1v) is 6.14. The quantitative estimate of drug-likeness (QED) is 0.902. The van der Waals surface area contributed by atoms with E-state index in [1.54, 1.807) is 6.07 Å². The van der Waals surface area contributed by atoms with Crippen molar-refractivity contribution in [3.63, 3.8) is 0 Å². The Bertz CT molecular complexity index is 534. The summed E-state index contributed by atoms with van der Waals surface area (Å²) in [6.45, 7) is 4.83. The number of halogens is 1. The predicted octanol–water partition coefficient (Wildman–Crippen LogP) is 2.59. The Morgan fingerprint density at radius 1 is 1.39 bits per heavy atom. The Hall–Kier alpha value is -1.68. The van der Waals surface area contributed by atoms with E-state index in [9.17, 15) is 4.39 Å². The lowest BCUT2D eigenvalue weighted by Gasteiger charge is -2.13. The van der Waals surface area contributed by atoms with Gasteiger partial charge < -0.3 is 5.73 Å². The molecule has 18 heavy (non-hydrogen) atoms. The topological polar surface area (TPSA) is 43.8 Å². The maximum atomic E-state index is 13.1. The summed E-state index contributed by atoms with van der Waals surface area (Å²) in [5.74, 6) is -0.247. The summed E-state index contributed by atoms with van der Waals surface area (Å²) >= 11 is 0. The van der Waals surface area contributed by atoms with Gasteiger partial charge in [-0.05, 0) is 37.6 Å². The molecule has 0 aliphatic rings. The number of benzene rings is 1. The van der Waals surface area contributed by atoms with E-state index in [1.165, 1.54) is 12.1 Å². The first-order valence-electron chi connectivity index (χ1n) is 6.14. The van der Waals surface area contributed by atoms with Crippen molar-refractivity contribution in [2.24, 2.45) is 5.73 Å². The van der Waals surface area contributed by atoms with Crippen molar-refractivity contribution >= 4 is 0 Å². The fourth-order valence-corrected chi connectivity index (χ4v) is 2.12. The minimum absolute atomic E-state index is 0.206. The molecule has 1 heterocycles. The molecule has 0 saturated carbocycles. The molecule has 1 atom stereocenters. The van der Waals surface area contributed by atoms with Gasteiger partial charge in [0.05, 0.1) is 5.69 Å². The van der Waals surface area contributed by atoms with Gasteiger partial charge in [-0.3, -0.25) is 4.68 Å². The molecular formula is C14H18FN3. The second kappa shape index (κ2) is 5.31. The van der Waals surface area contributed by atoms with E-state index in [-0.39, 0.29) is 11.9 Å². The van der Waals surface area contributed by atoms with E-state index >= 15 is 0 Å². The predicted molar refractivity (Wildman–Crippen MR) is 69.7 cm³/mol. The van der Waals surface area contributed by atoms with Crippen LogP contribution < -0.4 is 5.73 Å². The monoisotopic (exact) mass is 247 g/mol. The fourth-order valence-electron chi connectivity index (χ4n) is 2.12. The van der Waals surface area contributed by atoms with E-state index in [2.05, 4.69) is 5.10 Å². The average Bonchev–Trinajstić information content (AvgIpc) is 2.69. The third-order valence-electron chi connectivity index (χ3n) is 2.99. The van der Waals surface area contributed by atoms with Gasteiger partial charge >= 0.3 is 0 Å². The van der Waals surface area contributed by atoms with Gasteiger partial charge in [0.1, 0.15) is 5.82 Å². The molecule has 0 bridgehead atoms. The van der Waals surface area contributed by atoms with Crippen molar-refractivity contribution < 1.29 is 4.39 Å². The Balaban J connectivity index is 2.18. The van der Waals surface area contributed by atoms with Gasteiger partial charge in [-0.15, -0.1) is 0 Å². The van der Waals surface area contributed by atoms with Crippen LogP contribution in [0.3, 0.4) is 0 Å². The van der Waals surface area contributed by atoms with Gasteiger partial charge in [0.15, 0.2) is 0 Å². The number of rotatable bonds is 4. The number of hydrogen-bond acceptors (Lipinski definition) is 2.